The number of anilines is 1. The molecule has 2 N–H and O–H groups in total. The number of carbonyl (C=O) groups excluding carboxylic acids is 2. The molecule has 2 rings (SSSR count). The lowest BCUT2D eigenvalue weighted by Crippen LogP contribution is -2.13. The van der Waals surface area contributed by atoms with Gasteiger partial charge in [0.05, 0.1) is 19.4 Å². The molecule has 104 valence electrons. The summed E-state index contributed by atoms with van der Waals surface area (Å²) in [5.74, 6) is -0.802. The minimum atomic E-state index is -0.481. The predicted octanol–water partition coefficient (Wildman–Crippen LogP) is 2.28. The summed E-state index contributed by atoms with van der Waals surface area (Å²) in [5.41, 5.74) is 1.61. The molecule has 0 spiro atoms. The number of aliphatic hydroxyl groups excluding tert-OH is 1. The Morgan fingerprint density at radius 1 is 1.25 bits per heavy atom. The van der Waals surface area contributed by atoms with Crippen LogP contribution in [0.3, 0.4) is 0 Å². The molecule has 6 heteroatoms. The van der Waals surface area contributed by atoms with Crippen molar-refractivity contribution in [3.8, 4) is 0 Å². The number of aliphatic hydroxyl groups is 1. The molecule has 0 saturated heterocycles. The molecule has 0 aliphatic carbocycles. The first-order valence-corrected chi connectivity index (χ1v) is 6.70. The van der Waals surface area contributed by atoms with Crippen LogP contribution >= 0.6 is 11.3 Å². The lowest BCUT2D eigenvalue weighted by atomic mass is 10.1. The van der Waals surface area contributed by atoms with Crippen molar-refractivity contribution < 1.29 is 19.4 Å². The molecule has 0 saturated carbocycles. The maximum Gasteiger partial charge on any atom is 0.350 e. The first-order valence-electron chi connectivity index (χ1n) is 5.82. The van der Waals surface area contributed by atoms with E-state index in [1.807, 2.05) is 0 Å². The highest BCUT2D eigenvalue weighted by atomic mass is 32.1. The van der Waals surface area contributed by atoms with Crippen molar-refractivity contribution in [2.24, 2.45) is 0 Å². The number of hydrogen-bond donors (Lipinski definition) is 2. The average molecular weight is 291 g/mol. The Labute approximate surface area is 119 Å². The van der Waals surface area contributed by atoms with Gasteiger partial charge < -0.3 is 15.2 Å². The maximum absolute atomic E-state index is 12.1. The minimum Gasteiger partial charge on any atom is -0.465 e. The molecule has 0 aliphatic heterocycles. The molecule has 0 fully saturated rings. The Kier molecular flexibility index (Phi) is 4.49. The van der Waals surface area contributed by atoms with E-state index in [-0.39, 0.29) is 12.5 Å². The van der Waals surface area contributed by atoms with Crippen LogP contribution in [0.5, 0.6) is 0 Å². The number of rotatable bonds is 4. The summed E-state index contributed by atoms with van der Waals surface area (Å²) in [5, 5.41) is 13.3. The van der Waals surface area contributed by atoms with Crippen LogP contribution in [-0.4, -0.2) is 24.1 Å². The highest BCUT2D eigenvalue weighted by molar-refractivity contribution is 7.12. The third-order valence-corrected chi connectivity index (χ3v) is 3.58. The van der Waals surface area contributed by atoms with E-state index < -0.39 is 5.97 Å². The van der Waals surface area contributed by atoms with E-state index in [9.17, 15) is 9.59 Å². The van der Waals surface area contributed by atoms with Gasteiger partial charge in [0.1, 0.15) is 4.88 Å². The quantitative estimate of drug-likeness (QED) is 0.847. The summed E-state index contributed by atoms with van der Waals surface area (Å²) in [4.78, 5) is 23.9. The lowest BCUT2D eigenvalue weighted by Gasteiger charge is -2.06. The van der Waals surface area contributed by atoms with Crippen LogP contribution in [0.25, 0.3) is 0 Å². The number of thiophene rings is 1. The summed E-state index contributed by atoms with van der Waals surface area (Å²) in [6.45, 7) is -0.0705. The predicted molar refractivity (Wildman–Crippen MR) is 76.0 cm³/mol. The van der Waals surface area contributed by atoms with Gasteiger partial charge in [0.15, 0.2) is 0 Å². The van der Waals surface area contributed by atoms with E-state index in [4.69, 9.17) is 5.11 Å². The van der Waals surface area contributed by atoms with Gasteiger partial charge in [0, 0.05) is 5.56 Å². The van der Waals surface area contributed by atoms with Gasteiger partial charge in [-0.3, -0.25) is 4.79 Å². The molecule has 20 heavy (non-hydrogen) atoms. The van der Waals surface area contributed by atoms with Gasteiger partial charge in [-0.05, 0) is 29.1 Å². The highest BCUT2D eigenvalue weighted by Gasteiger charge is 2.16. The van der Waals surface area contributed by atoms with Gasteiger partial charge >= 0.3 is 5.97 Å². The molecular weight excluding hydrogens is 278 g/mol. The van der Waals surface area contributed by atoms with Crippen molar-refractivity contribution in [3.05, 3.63) is 51.7 Å². The molecule has 5 nitrogen and oxygen atoms in total. The van der Waals surface area contributed by atoms with E-state index in [1.165, 1.54) is 18.4 Å². The second-order valence-corrected chi connectivity index (χ2v) is 4.88. The van der Waals surface area contributed by atoms with E-state index in [0.717, 1.165) is 5.56 Å². The summed E-state index contributed by atoms with van der Waals surface area (Å²) in [6.07, 6.45) is 0. The maximum atomic E-state index is 12.1. The van der Waals surface area contributed by atoms with E-state index in [1.54, 1.807) is 35.7 Å². The number of hydrogen-bond acceptors (Lipinski definition) is 5. The van der Waals surface area contributed by atoms with Crippen LogP contribution in [0.4, 0.5) is 5.69 Å². The monoisotopic (exact) mass is 291 g/mol. The highest BCUT2D eigenvalue weighted by Crippen LogP contribution is 2.23. The molecule has 0 atom stereocenters. The topological polar surface area (TPSA) is 75.6 Å². The van der Waals surface area contributed by atoms with Crippen LogP contribution in [0.15, 0.2) is 35.7 Å². The fourth-order valence-electron chi connectivity index (χ4n) is 1.61. The van der Waals surface area contributed by atoms with Crippen molar-refractivity contribution in [1.29, 1.82) is 0 Å². The third-order valence-electron chi connectivity index (χ3n) is 2.68. The van der Waals surface area contributed by atoms with Gasteiger partial charge in [-0.15, -0.1) is 11.3 Å². The summed E-state index contributed by atoms with van der Waals surface area (Å²) in [7, 11) is 1.29. The normalized spacial score (nSPS) is 10.1. The van der Waals surface area contributed by atoms with Crippen molar-refractivity contribution in [3.63, 3.8) is 0 Å². The fourth-order valence-corrected chi connectivity index (χ4v) is 2.38. The van der Waals surface area contributed by atoms with E-state index in [2.05, 4.69) is 10.1 Å². The number of nitrogens with one attached hydrogen (secondary N) is 1. The van der Waals surface area contributed by atoms with Crippen LogP contribution in [0.2, 0.25) is 0 Å². The second-order valence-electron chi connectivity index (χ2n) is 3.96. The van der Waals surface area contributed by atoms with E-state index in [0.29, 0.717) is 16.1 Å². The molecule has 0 radical (unpaired) electrons. The molecule has 1 aromatic heterocycles. The zero-order valence-corrected chi connectivity index (χ0v) is 11.6. The molecule has 2 aromatic rings. The van der Waals surface area contributed by atoms with Crippen molar-refractivity contribution in [2.75, 3.05) is 12.4 Å². The Balaban J connectivity index is 2.15. The summed E-state index contributed by atoms with van der Waals surface area (Å²) < 4.78 is 4.65. The number of methoxy groups -OCH3 is 1. The molecule has 0 unspecified atom stereocenters. The van der Waals surface area contributed by atoms with Crippen molar-refractivity contribution >= 4 is 28.9 Å². The Bertz CT molecular complexity index is 618. The fraction of sp³-hybridized carbons (Fsp3) is 0.143. The SMILES string of the molecule is COC(=O)c1sccc1NC(=O)c1ccc(CO)cc1. The van der Waals surface area contributed by atoms with Crippen molar-refractivity contribution in [2.45, 2.75) is 6.61 Å². The second kappa shape index (κ2) is 6.31. The van der Waals surface area contributed by atoms with Crippen LogP contribution in [-0.2, 0) is 11.3 Å². The van der Waals surface area contributed by atoms with Crippen molar-refractivity contribution in [1.82, 2.24) is 0 Å². The average Bonchev–Trinajstić information content (AvgIpc) is 2.94. The van der Waals surface area contributed by atoms with Crippen LogP contribution in [0, 0.1) is 0 Å². The molecule has 1 heterocycles. The summed E-state index contributed by atoms with van der Waals surface area (Å²) >= 11 is 1.20. The van der Waals surface area contributed by atoms with Gasteiger partial charge in [-0.25, -0.2) is 4.79 Å². The first-order chi connectivity index (χ1) is 9.65. The number of carbonyl (C=O) groups is 2. The van der Waals surface area contributed by atoms with E-state index >= 15 is 0 Å². The minimum absolute atomic E-state index is 0.0705. The molecule has 1 aromatic carbocycles. The Hall–Kier alpha value is -2.18. The standard InChI is InChI=1S/C14H13NO4S/c1-19-14(18)12-11(6-7-20-12)15-13(17)10-4-2-9(8-16)3-5-10/h2-7,16H,8H2,1H3,(H,15,17). The number of ether oxygens (including phenoxy) is 1. The molecule has 1 amide bonds. The third kappa shape index (κ3) is 3.04. The molecular formula is C14H13NO4S. The smallest absolute Gasteiger partial charge is 0.350 e. The van der Waals surface area contributed by atoms with Crippen LogP contribution in [0.1, 0.15) is 25.6 Å². The Morgan fingerprint density at radius 3 is 2.55 bits per heavy atom. The Morgan fingerprint density at radius 2 is 1.95 bits per heavy atom. The first kappa shape index (κ1) is 14.2. The van der Waals surface area contributed by atoms with Gasteiger partial charge in [-0.1, -0.05) is 12.1 Å². The van der Waals surface area contributed by atoms with Gasteiger partial charge in [-0.2, -0.15) is 0 Å². The molecule has 0 bridgehead atoms. The summed E-state index contributed by atoms with van der Waals surface area (Å²) in [6, 6.07) is 8.22. The zero-order chi connectivity index (χ0) is 14.5. The van der Waals surface area contributed by atoms with Crippen LogP contribution < -0.4 is 5.32 Å². The lowest BCUT2D eigenvalue weighted by molar-refractivity contribution is 0.0607. The zero-order valence-electron chi connectivity index (χ0n) is 10.8. The molecule has 0 aliphatic rings. The van der Waals surface area contributed by atoms with Gasteiger partial charge in [0.25, 0.3) is 5.91 Å². The van der Waals surface area contributed by atoms with Gasteiger partial charge in [0.2, 0.25) is 0 Å². The number of esters is 1. The number of benzene rings is 1. The largest absolute Gasteiger partial charge is 0.465 e. The number of amides is 1.